The first-order chi connectivity index (χ1) is 10.2. The summed E-state index contributed by atoms with van der Waals surface area (Å²) in [7, 11) is 4.57. The van der Waals surface area contributed by atoms with Crippen LogP contribution >= 0.6 is 12.4 Å². The molecule has 22 heavy (non-hydrogen) atoms. The van der Waals surface area contributed by atoms with Crippen LogP contribution in [0.25, 0.3) is 0 Å². The van der Waals surface area contributed by atoms with E-state index in [1.807, 2.05) is 0 Å². The molecule has 0 heterocycles. The SMILES string of the molecule is CCCNCCNC(=O)c1cc(OC)c(OC)c(OC)c1.Cl. The zero-order chi connectivity index (χ0) is 15.7. The number of methoxy groups -OCH3 is 3. The van der Waals surface area contributed by atoms with Crippen LogP contribution in [-0.4, -0.2) is 46.9 Å². The summed E-state index contributed by atoms with van der Waals surface area (Å²) in [4.78, 5) is 12.1. The number of halogens is 1. The Balaban J connectivity index is 0.00000441. The number of hydrogen-bond acceptors (Lipinski definition) is 5. The van der Waals surface area contributed by atoms with Crippen LogP contribution in [0.15, 0.2) is 12.1 Å². The number of amides is 1. The zero-order valence-electron chi connectivity index (χ0n) is 13.5. The van der Waals surface area contributed by atoms with E-state index in [-0.39, 0.29) is 18.3 Å². The van der Waals surface area contributed by atoms with Crippen LogP contribution in [0.2, 0.25) is 0 Å². The molecule has 2 N–H and O–H groups in total. The molecule has 126 valence electrons. The summed E-state index contributed by atoms with van der Waals surface area (Å²) < 4.78 is 15.7. The monoisotopic (exact) mass is 332 g/mol. The summed E-state index contributed by atoms with van der Waals surface area (Å²) in [5, 5.41) is 6.07. The Morgan fingerprint density at radius 2 is 1.59 bits per heavy atom. The van der Waals surface area contributed by atoms with Crippen molar-refractivity contribution in [1.82, 2.24) is 10.6 Å². The normalized spacial score (nSPS) is 9.64. The molecule has 0 spiro atoms. The van der Waals surface area contributed by atoms with Crippen LogP contribution in [0, 0.1) is 0 Å². The third-order valence-corrected chi connectivity index (χ3v) is 2.94. The van der Waals surface area contributed by atoms with E-state index in [1.165, 1.54) is 21.3 Å². The minimum atomic E-state index is -0.174. The maximum Gasteiger partial charge on any atom is 0.251 e. The molecule has 6 nitrogen and oxygen atoms in total. The molecule has 7 heteroatoms. The first kappa shape index (κ1) is 20.3. The Labute approximate surface area is 137 Å². The lowest BCUT2D eigenvalue weighted by Gasteiger charge is -2.14. The van der Waals surface area contributed by atoms with Gasteiger partial charge in [0.25, 0.3) is 5.91 Å². The van der Waals surface area contributed by atoms with Gasteiger partial charge in [-0.1, -0.05) is 6.92 Å². The first-order valence-corrected chi connectivity index (χ1v) is 6.96. The van der Waals surface area contributed by atoms with Crippen molar-refractivity contribution in [1.29, 1.82) is 0 Å². The molecule has 1 amide bonds. The Kier molecular flexibility index (Phi) is 10.2. The summed E-state index contributed by atoms with van der Waals surface area (Å²) in [5.74, 6) is 1.23. The highest BCUT2D eigenvalue weighted by atomic mass is 35.5. The molecule has 1 rings (SSSR count). The van der Waals surface area contributed by atoms with E-state index in [2.05, 4.69) is 17.6 Å². The van der Waals surface area contributed by atoms with Crippen molar-refractivity contribution in [2.75, 3.05) is 41.0 Å². The quantitative estimate of drug-likeness (QED) is 0.676. The Morgan fingerprint density at radius 1 is 1.00 bits per heavy atom. The van der Waals surface area contributed by atoms with E-state index in [0.717, 1.165) is 19.5 Å². The van der Waals surface area contributed by atoms with Gasteiger partial charge in [0, 0.05) is 18.7 Å². The van der Waals surface area contributed by atoms with Crippen molar-refractivity contribution in [3.63, 3.8) is 0 Å². The van der Waals surface area contributed by atoms with Crippen LogP contribution in [0.1, 0.15) is 23.7 Å². The maximum absolute atomic E-state index is 12.1. The second kappa shape index (κ2) is 11.0. The summed E-state index contributed by atoms with van der Waals surface area (Å²) in [5.41, 5.74) is 0.472. The lowest BCUT2D eigenvalue weighted by atomic mass is 10.1. The fraction of sp³-hybridized carbons (Fsp3) is 0.533. The van der Waals surface area contributed by atoms with Crippen LogP contribution in [0.5, 0.6) is 17.2 Å². The molecule has 0 aliphatic carbocycles. The maximum atomic E-state index is 12.1. The molecule has 0 saturated carbocycles. The lowest BCUT2D eigenvalue weighted by molar-refractivity contribution is 0.0953. The van der Waals surface area contributed by atoms with Gasteiger partial charge in [-0.05, 0) is 25.1 Å². The number of nitrogens with one attached hydrogen (secondary N) is 2. The van der Waals surface area contributed by atoms with Gasteiger partial charge in [-0.3, -0.25) is 4.79 Å². The molecule has 0 aromatic heterocycles. The van der Waals surface area contributed by atoms with E-state index in [0.29, 0.717) is 29.4 Å². The molecule has 0 radical (unpaired) electrons. The topological polar surface area (TPSA) is 68.8 Å². The van der Waals surface area contributed by atoms with E-state index >= 15 is 0 Å². The molecule has 1 aromatic carbocycles. The number of carbonyl (C=O) groups is 1. The van der Waals surface area contributed by atoms with Gasteiger partial charge in [0.15, 0.2) is 11.5 Å². The predicted molar refractivity (Wildman–Crippen MR) is 88.8 cm³/mol. The number of benzene rings is 1. The minimum Gasteiger partial charge on any atom is -0.493 e. The van der Waals surface area contributed by atoms with Crippen molar-refractivity contribution in [2.45, 2.75) is 13.3 Å². The standard InChI is InChI=1S/C15H24N2O4.ClH/c1-5-6-16-7-8-17-15(18)11-9-12(19-2)14(21-4)13(10-11)20-3;/h9-10,16H,5-8H2,1-4H3,(H,17,18);1H. The molecule has 0 aliphatic rings. The Hall–Kier alpha value is -1.66. The summed E-state index contributed by atoms with van der Waals surface area (Å²) in [6, 6.07) is 3.27. The van der Waals surface area contributed by atoms with Crippen LogP contribution < -0.4 is 24.8 Å². The van der Waals surface area contributed by atoms with Crippen LogP contribution in [-0.2, 0) is 0 Å². The van der Waals surface area contributed by atoms with Crippen molar-refractivity contribution in [3.05, 3.63) is 17.7 Å². The van der Waals surface area contributed by atoms with E-state index in [1.54, 1.807) is 12.1 Å². The van der Waals surface area contributed by atoms with E-state index < -0.39 is 0 Å². The summed E-state index contributed by atoms with van der Waals surface area (Å²) >= 11 is 0. The van der Waals surface area contributed by atoms with Crippen molar-refractivity contribution in [3.8, 4) is 17.2 Å². The molecule has 0 atom stereocenters. The molecule has 0 aliphatic heterocycles. The van der Waals surface area contributed by atoms with Crippen molar-refractivity contribution >= 4 is 18.3 Å². The average molecular weight is 333 g/mol. The smallest absolute Gasteiger partial charge is 0.251 e. The minimum absolute atomic E-state index is 0. The highest BCUT2D eigenvalue weighted by molar-refractivity contribution is 5.95. The number of hydrogen-bond donors (Lipinski definition) is 2. The highest BCUT2D eigenvalue weighted by Gasteiger charge is 2.16. The van der Waals surface area contributed by atoms with Gasteiger partial charge in [-0.15, -0.1) is 12.4 Å². The fourth-order valence-electron chi connectivity index (χ4n) is 1.88. The summed E-state index contributed by atoms with van der Waals surface area (Å²) in [6.07, 6.45) is 1.07. The lowest BCUT2D eigenvalue weighted by Crippen LogP contribution is -2.32. The average Bonchev–Trinajstić information content (AvgIpc) is 2.52. The third-order valence-electron chi connectivity index (χ3n) is 2.94. The first-order valence-electron chi connectivity index (χ1n) is 6.96. The van der Waals surface area contributed by atoms with Crippen molar-refractivity contribution < 1.29 is 19.0 Å². The summed E-state index contributed by atoms with van der Waals surface area (Å²) in [6.45, 7) is 4.35. The molecule has 1 aromatic rings. The van der Waals surface area contributed by atoms with Crippen molar-refractivity contribution in [2.24, 2.45) is 0 Å². The van der Waals surface area contributed by atoms with Gasteiger partial charge in [-0.25, -0.2) is 0 Å². The van der Waals surface area contributed by atoms with Gasteiger partial charge in [0.2, 0.25) is 5.75 Å². The van der Waals surface area contributed by atoms with Gasteiger partial charge in [0.05, 0.1) is 21.3 Å². The highest BCUT2D eigenvalue weighted by Crippen LogP contribution is 2.38. The molecule has 0 bridgehead atoms. The second-order valence-corrected chi connectivity index (χ2v) is 4.42. The van der Waals surface area contributed by atoms with Crippen LogP contribution in [0.3, 0.4) is 0 Å². The largest absolute Gasteiger partial charge is 0.493 e. The molecule has 0 fully saturated rings. The third kappa shape index (κ3) is 5.61. The molecule has 0 unspecified atom stereocenters. The number of rotatable bonds is 9. The molecular formula is C15H25ClN2O4. The second-order valence-electron chi connectivity index (χ2n) is 4.42. The Bertz CT molecular complexity index is 444. The van der Waals surface area contributed by atoms with Crippen LogP contribution in [0.4, 0.5) is 0 Å². The molecular weight excluding hydrogens is 308 g/mol. The number of ether oxygens (including phenoxy) is 3. The van der Waals surface area contributed by atoms with E-state index in [4.69, 9.17) is 14.2 Å². The van der Waals surface area contributed by atoms with Gasteiger partial charge in [-0.2, -0.15) is 0 Å². The van der Waals surface area contributed by atoms with Gasteiger partial charge >= 0.3 is 0 Å². The Morgan fingerprint density at radius 3 is 2.05 bits per heavy atom. The molecule has 0 saturated heterocycles. The fourth-order valence-corrected chi connectivity index (χ4v) is 1.88. The predicted octanol–water partition coefficient (Wildman–Crippen LogP) is 1.86. The zero-order valence-corrected chi connectivity index (χ0v) is 14.3. The van der Waals surface area contributed by atoms with Gasteiger partial charge < -0.3 is 24.8 Å². The van der Waals surface area contributed by atoms with Gasteiger partial charge in [0.1, 0.15) is 0 Å². The number of carbonyl (C=O) groups excluding carboxylic acids is 1. The van der Waals surface area contributed by atoms with E-state index in [9.17, 15) is 4.79 Å².